The molecule has 1 rings (SSSR count). The lowest BCUT2D eigenvalue weighted by atomic mass is 10.4. The number of hydrogen-bond donors (Lipinski definition) is 0. The molecule has 0 saturated carbocycles. The first-order valence-electron chi connectivity index (χ1n) is 3.79. The molecule has 68 valence electrons. The van der Waals surface area contributed by atoms with Gasteiger partial charge in [0.2, 0.25) is 0 Å². The quantitative estimate of drug-likeness (QED) is 0.662. The molecule has 1 aromatic rings. The molecule has 0 spiro atoms. The van der Waals surface area contributed by atoms with E-state index in [0.717, 1.165) is 0 Å². The molecule has 1 unspecified atom stereocenters. The van der Waals surface area contributed by atoms with E-state index in [0.29, 0.717) is 4.90 Å². The average Bonchev–Trinajstić information content (AvgIpc) is 2.08. The summed E-state index contributed by atoms with van der Waals surface area (Å²) in [6.45, 7) is 4.00. The Morgan fingerprint density at radius 3 is 2.25 bits per heavy atom. The molecule has 1 atom stereocenters. The lowest BCUT2D eigenvalue weighted by Gasteiger charge is -1.93. The third kappa shape index (κ3) is 3.62. The van der Waals surface area contributed by atoms with Gasteiger partial charge in [-0.15, -0.1) is 0 Å². The SMILES string of the molecule is CC.CS(=O)c1cccc(F)c1. The van der Waals surface area contributed by atoms with E-state index in [1.54, 1.807) is 12.1 Å². The van der Waals surface area contributed by atoms with Gasteiger partial charge in [-0.05, 0) is 18.2 Å². The van der Waals surface area contributed by atoms with Crippen LogP contribution in [0.25, 0.3) is 0 Å². The molecule has 3 heteroatoms. The van der Waals surface area contributed by atoms with Crippen LogP contribution in [0.2, 0.25) is 0 Å². The second-order valence-corrected chi connectivity index (χ2v) is 3.29. The lowest BCUT2D eigenvalue weighted by Crippen LogP contribution is -1.86. The Balaban J connectivity index is 0.000000561. The molecule has 0 aliphatic carbocycles. The standard InChI is InChI=1S/C7H7FOS.C2H6/c1-10(9)7-4-2-3-6(8)5-7;1-2/h2-5H,1H3;1-2H3. The van der Waals surface area contributed by atoms with E-state index in [4.69, 9.17) is 0 Å². The van der Waals surface area contributed by atoms with Crippen LogP contribution in [-0.2, 0) is 10.8 Å². The second kappa shape index (κ2) is 5.89. The van der Waals surface area contributed by atoms with Crippen molar-refractivity contribution in [2.24, 2.45) is 0 Å². The molecule has 0 aliphatic heterocycles. The fourth-order valence-corrected chi connectivity index (χ4v) is 1.19. The van der Waals surface area contributed by atoms with E-state index < -0.39 is 10.8 Å². The fraction of sp³-hybridized carbons (Fsp3) is 0.333. The van der Waals surface area contributed by atoms with Crippen molar-refractivity contribution in [2.45, 2.75) is 18.7 Å². The Hall–Kier alpha value is -0.700. The predicted molar refractivity (Wildman–Crippen MR) is 50.1 cm³/mol. The van der Waals surface area contributed by atoms with Gasteiger partial charge >= 0.3 is 0 Å². The summed E-state index contributed by atoms with van der Waals surface area (Å²) in [5.74, 6) is -0.340. The first-order valence-corrected chi connectivity index (χ1v) is 5.35. The summed E-state index contributed by atoms with van der Waals surface area (Å²) in [5.41, 5.74) is 0. The minimum absolute atomic E-state index is 0.340. The zero-order valence-corrected chi connectivity index (χ0v) is 8.32. The van der Waals surface area contributed by atoms with Gasteiger partial charge in [0.05, 0.1) is 0 Å². The summed E-state index contributed by atoms with van der Waals surface area (Å²) in [7, 11) is -1.08. The van der Waals surface area contributed by atoms with E-state index >= 15 is 0 Å². The summed E-state index contributed by atoms with van der Waals surface area (Å²) in [4.78, 5) is 0.528. The van der Waals surface area contributed by atoms with Gasteiger partial charge in [-0.3, -0.25) is 4.21 Å². The normalized spacial score (nSPS) is 11.3. The third-order valence-corrected chi connectivity index (χ3v) is 2.05. The molecule has 1 nitrogen and oxygen atoms in total. The molecule has 0 amide bonds. The number of hydrogen-bond acceptors (Lipinski definition) is 1. The van der Waals surface area contributed by atoms with Gasteiger partial charge < -0.3 is 0 Å². The Kier molecular flexibility index (Phi) is 5.54. The van der Waals surface area contributed by atoms with E-state index in [2.05, 4.69) is 0 Å². The summed E-state index contributed by atoms with van der Waals surface area (Å²) in [5, 5.41) is 0. The monoisotopic (exact) mass is 188 g/mol. The van der Waals surface area contributed by atoms with Crippen LogP contribution in [0.1, 0.15) is 13.8 Å². The Labute approximate surface area is 75.1 Å². The van der Waals surface area contributed by atoms with Gasteiger partial charge in [0.25, 0.3) is 0 Å². The van der Waals surface area contributed by atoms with Gasteiger partial charge in [-0.1, -0.05) is 19.9 Å². The van der Waals surface area contributed by atoms with Crippen LogP contribution in [0.5, 0.6) is 0 Å². The van der Waals surface area contributed by atoms with Crippen LogP contribution in [0, 0.1) is 5.82 Å². The van der Waals surface area contributed by atoms with Crippen molar-refractivity contribution in [3.05, 3.63) is 30.1 Å². The maximum Gasteiger partial charge on any atom is 0.124 e. The van der Waals surface area contributed by atoms with E-state index in [-0.39, 0.29) is 5.82 Å². The van der Waals surface area contributed by atoms with Crippen molar-refractivity contribution >= 4 is 10.8 Å². The van der Waals surface area contributed by atoms with Gasteiger partial charge in [-0.25, -0.2) is 4.39 Å². The summed E-state index contributed by atoms with van der Waals surface area (Å²) < 4.78 is 23.1. The van der Waals surface area contributed by atoms with Gasteiger partial charge in [0.1, 0.15) is 5.82 Å². The molecule has 0 fully saturated rings. The van der Waals surface area contributed by atoms with E-state index in [9.17, 15) is 8.60 Å². The van der Waals surface area contributed by atoms with Gasteiger partial charge in [-0.2, -0.15) is 0 Å². The highest BCUT2D eigenvalue weighted by Crippen LogP contribution is 2.05. The Morgan fingerprint density at radius 1 is 1.33 bits per heavy atom. The van der Waals surface area contributed by atoms with Crippen LogP contribution >= 0.6 is 0 Å². The topological polar surface area (TPSA) is 17.1 Å². The predicted octanol–water partition coefficient (Wildman–Crippen LogP) is 2.59. The van der Waals surface area contributed by atoms with Crippen molar-refractivity contribution < 1.29 is 8.60 Å². The Bertz CT molecular complexity index is 260. The smallest absolute Gasteiger partial charge is 0.124 e. The molecule has 0 heterocycles. The molecule has 12 heavy (non-hydrogen) atoms. The largest absolute Gasteiger partial charge is 0.255 e. The van der Waals surface area contributed by atoms with Crippen LogP contribution in [0.3, 0.4) is 0 Å². The molecule has 0 bridgehead atoms. The van der Waals surface area contributed by atoms with Crippen molar-refractivity contribution in [1.82, 2.24) is 0 Å². The molecule has 0 radical (unpaired) electrons. The molecule has 0 aromatic heterocycles. The van der Waals surface area contributed by atoms with Crippen molar-refractivity contribution in [3.8, 4) is 0 Å². The zero-order valence-electron chi connectivity index (χ0n) is 7.50. The van der Waals surface area contributed by atoms with Crippen LogP contribution in [-0.4, -0.2) is 10.5 Å². The Morgan fingerprint density at radius 2 is 1.92 bits per heavy atom. The average molecular weight is 188 g/mol. The zero-order chi connectivity index (χ0) is 9.56. The molecule has 0 saturated heterocycles. The third-order valence-electron chi connectivity index (χ3n) is 1.13. The van der Waals surface area contributed by atoms with Crippen molar-refractivity contribution in [3.63, 3.8) is 0 Å². The van der Waals surface area contributed by atoms with E-state index in [1.165, 1.54) is 18.4 Å². The van der Waals surface area contributed by atoms with Crippen LogP contribution < -0.4 is 0 Å². The van der Waals surface area contributed by atoms with E-state index in [1.807, 2.05) is 13.8 Å². The van der Waals surface area contributed by atoms with Crippen LogP contribution in [0.15, 0.2) is 29.2 Å². The maximum absolute atomic E-state index is 12.4. The van der Waals surface area contributed by atoms with Crippen LogP contribution in [0.4, 0.5) is 4.39 Å². The van der Waals surface area contributed by atoms with Gasteiger partial charge in [0.15, 0.2) is 0 Å². The van der Waals surface area contributed by atoms with Crippen molar-refractivity contribution in [2.75, 3.05) is 6.26 Å². The fourth-order valence-electron chi connectivity index (χ4n) is 0.646. The highest BCUT2D eigenvalue weighted by molar-refractivity contribution is 7.84. The highest BCUT2D eigenvalue weighted by atomic mass is 32.2. The second-order valence-electron chi connectivity index (χ2n) is 1.91. The van der Waals surface area contributed by atoms with Crippen molar-refractivity contribution in [1.29, 1.82) is 0 Å². The first-order chi connectivity index (χ1) is 5.70. The molecule has 0 N–H and O–H groups in total. The molecule has 1 aromatic carbocycles. The summed E-state index contributed by atoms with van der Waals surface area (Å²) >= 11 is 0. The maximum atomic E-state index is 12.4. The summed E-state index contributed by atoms with van der Waals surface area (Å²) in [6, 6.07) is 5.79. The number of halogens is 1. The summed E-state index contributed by atoms with van der Waals surface area (Å²) in [6.07, 6.45) is 1.52. The number of benzene rings is 1. The minimum Gasteiger partial charge on any atom is -0.255 e. The first kappa shape index (κ1) is 11.3. The molecule has 0 aliphatic rings. The minimum atomic E-state index is -1.08. The highest BCUT2D eigenvalue weighted by Gasteiger charge is 1.96. The molecular weight excluding hydrogens is 175 g/mol. The molecular formula is C9H13FOS. The van der Waals surface area contributed by atoms with Gasteiger partial charge in [0, 0.05) is 22.0 Å². The number of rotatable bonds is 1. The lowest BCUT2D eigenvalue weighted by molar-refractivity contribution is 0.623.